The summed E-state index contributed by atoms with van der Waals surface area (Å²) in [5, 5.41) is 14.5. The third-order valence-corrected chi connectivity index (χ3v) is 7.98. The number of fused-ring (bicyclic) bond motifs is 1. The van der Waals surface area contributed by atoms with Gasteiger partial charge in [0.15, 0.2) is 0 Å². The van der Waals surface area contributed by atoms with Crippen LogP contribution < -0.4 is 5.32 Å². The van der Waals surface area contributed by atoms with Crippen LogP contribution in [0.5, 0.6) is 0 Å². The van der Waals surface area contributed by atoms with Crippen molar-refractivity contribution in [1.29, 1.82) is 0 Å². The Labute approximate surface area is 164 Å². The van der Waals surface area contributed by atoms with Gasteiger partial charge in [0.05, 0.1) is 6.10 Å². The van der Waals surface area contributed by atoms with E-state index in [0.717, 1.165) is 51.6 Å². The van der Waals surface area contributed by atoms with Crippen molar-refractivity contribution in [3.8, 4) is 0 Å². The Morgan fingerprint density at radius 1 is 1.15 bits per heavy atom. The average Bonchev–Trinajstić information content (AvgIpc) is 2.64. The van der Waals surface area contributed by atoms with Gasteiger partial charge in [0, 0.05) is 32.0 Å². The van der Waals surface area contributed by atoms with Gasteiger partial charge >= 0.3 is 0 Å². The summed E-state index contributed by atoms with van der Waals surface area (Å²) in [7, 11) is 0. The van der Waals surface area contributed by atoms with Crippen LogP contribution in [0.4, 0.5) is 0 Å². The topological polar surface area (TPSA) is 69.6 Å². The van der Waals surface area contributed by atoms with Gasteiger partial charge in [0.1, 0.15) is 0 Å². The number of nitrogens with zero attached hydrogens (tertiary/aromatic N) is 1. The molecule has 2 aliphatic carbocycles. The van der Waals surface area contributed by atoms with Crippen LogP contribution in [0.2, 0.25) is 0 Å². The first-order valence-corrected chi connectivity index (χ1v) is 11.0. The Hall–Kier alpha value is -1.10. The quantitative estimate of drug-likeness (QED) is 0.793. The van der Waals surface area contributed by atoms with Crippen molar-refractivity contribution >= 4 is 11.8 Å². The summed E-state index contributed by atoms with van der Waals surface area (Å²) >= 11 is 0. The van der Waals surface area contributed by atoms with Gasteiger partial charge in [-0.2, -0.15) is 0 Å². The lowest BCUT2D eigenvalue weighted by Crippen LogP contribution is -2.58. The molecule has 3 fully saturated rings. The van der Waals surface area contributed by atoms with Crippen LogP contribution in [0.25, 0.3) is 0 Å². The minimum atomic E-state index is -0.473. The lowest BCUT2D eigenvalue weighted by atomic mass is 9.51. The fourth-order valence-electron chi connectivity index (χ4n) is 6.34. The molecule has 0 spiro atoms. The number of carbonyl (C=O) groups is 2. The molecule has 0 aromatic heterocycles. The van der Waals surface area contributed by atoms with Gasteiger partial charge < -0.3 is 15.3 Å². The van der Waals surface area contributed by atoms with Crippen molar-refractivity contribution in [2.45, 2.75) is 84.8 Å². The van der Waals surface area contributed by atoms with Gasteiger partial charge in [-0.15, -0.1) is 0 Å². The first-order chi connectivity index (χ1) is 12.7. The molecule has 0 aromatic rings. The summed E-state index contributed by atoms with van der Waals surface area (Å²) in [6, 6.07) is 0.127. The minimum Gasteiger partial charge on any atom is -0.392 e. The van der Waals surface area contributed by atoms with Crippen LogP contribution in [0, 0.1) is 29.1 Å². The van der Waals surface area contributed by atoms with Crippen molar-refractivity contribution in [2.75, 3.05) is 13.1 Å². The molecule has 7 atom stereocenters. The highest BCUT2D eigenvalue weighted by molar-refractivity contribution is 5.79. The van der Waals surface area contributed by atoms with E-state index in [2.05, 4.69) is 19.2 Å². The van der Waals surface area contributed by atoms with Crippen LogP contribution in [-0.2, 0) is 9.59 Å². The number of hydrogen-bond acceptors (Lipinski definition) is 3. The molecule has 1 saturated heterocycles. The number of rotatable bonds is 3. The number of amides is 2. The zero-order chi connectivity index (χ0) is 19.8. The highest BCUT2D eigenvalue weighted by Gasteiger charge is 2.54. The summed E-state index contributed by atoms with van der Waals surface area (Å²) < 4.78 is 0. The predicted octanol–water partition coefficient (Wildman–Crippen LogP) is 2.96. The van der Waals surface area contributed by atoms with Crippen LogP contribution in [0.3, 0.4) is 0 Å². The summed E-state index contributed by atoms with van der Waals surface area (Å²) in [5.41, 5.74) is 0.109. The second kappa shape index (κ2) is 8.10. The second-order valence-corrected chi connectivity index (χ2v) is 9.75. The maximum Gasteiger partial charge on any atom is 0.225 e. The SMILES string of the molecule is CC(=O)NC1CCC2(C)CCC(C(C)C(=O)N3CCCCC3)C(O)C2C1C. The standard InChI is InChI=1S/C22H38N2O3/c1-14(21(27)24-12-6-5-7-13-24)17-8-10-22(4)11-9-18(23-16(3)25)15(2)19(22)20(17)26/h14-15,17-20,26H,5-13H2,1-4H3,(H,23,25). The van der Waals surface area contributed by atoms with Gasteiger partial charge in [-0.25, -0.2) is 0 Å². The molecule has 0 radical (unpaired) electrons. The van der Waals surface area contributed by atoms with E-state index in [0.29, 0.717) is 0 Å². The zero-order valence-electron chi connectivity index (χ0n) is 17.5. The summed E-state index contributed by atoms with van der Waals surface area (Å²) in [5.74, 6) is 0.489. The molecule has 27 heavy (non-hydrogen) atoms. The number of likely N-dealkylation sites (tertiary alicyclic amines) is 1. The smallest absolute Gasteiger partial charge is 0.225 e. The fraction of sp³-hybridized carbons (Fsp3) is 0.909. The molecule has 0 aromatic carbocycles. The van der Waals surface area contributed by atoms with Gasteiger partial charge in [-0.05, 0) is 68.1 Å². The maximum atomic E-state index is 13.0. The Kier molecular flexibility index (Phi) is 6.19. The Balaban J connectivity index is 1.74. The van der Waals surface area contributed by atoms with E-state index in [1.807, 2.05) is 11.8 Å². The van der Waals surface area contributed by atoms with E-state index in [4.69, 9.17) is 0 Å². The van der Waals surface area contributed by atoms with E-state index in [-0.39, 0.29) is 46.9 Å². The van der Waals surface area contributed by atoms with Crippen LogP contribution in [0.1, 0.15) is 72.6 Å². The number of hydrogen-bond donors (Lipinski definition) is 2. The van der Waals surface area contributed by atoms with E-state index >= 15 is 0 Å². The van der Waals surface area contributed by atoms with Crippen molar-refractivity contribution in [3.63, 3.8) is 0 Å². The Bertz CT molecular complexity index is 560. The van der Waals surface area contributed by atoms with Gasteiger partial charge in [0.2, 0.25) is 11.8 Å². The molecule has 2 N–H and O–H groups in total. The highest BCUT2D eigenvalue weighted by Crippen LogP contribution is 2.55. The Morgan fingerprint density at radius 2 is 1.78 bits per heavy atom. The molecule has 154 valence electrons. The number of aliphatic hydroxyl groups is 1. The minimum absolute atomic E-state index is 0.00551. The molecule has 3 aliphatic rings. The van der Waals surface area contributed by atoms with E-state index in [1.165, 1.54) is 6.42 Å². The third-order valence-electron chi connectivity index (χ3n) is 7.98. The van der Waals surface area contributed by atoms with E-state index in [9.17, 15) is 14.7 Å². The highest BCUT2D eigenvalue weighted by atomic mass is 16.3. The monoisotopic (exact) mass is 378 g/mol. The molecule has 1 heterocycles. The molecule has 2 saturated carbocycles. The summed E-state index contributed by atoms with van der Waals surface area (Å²) in [6.45, 7) is 9.80. The molecule has 5 heteroatoms. The van der Waals surface area contributed by atoms with Crippen molar-refractivity contribution < 1.29 is 14.7 Å². The van der Waals surface area contributed by atoms with Gasteiger partial charge in [-0.1, -0.05) is 20.8 Å². The predicted molar refractivity (Wildman–Crippen MR) is 106 cm³/mol. The van der Waals surface area contributed by atoms with Crippen molar-refractivity contribution in [1.82, 2.24) is 10.2 Å². The second-order valence-electron chi connectivity index (χ2n) is 9.75. The van der Waals surface area contributed by atoms with Crippen LogP contribution in [-0.4, -0.2) is 47.1 Å². The fourth-order valence-corrected chi connectivity index (χ4v) is 6.34. The molecule has 5 nitrogen and oxygen atoms in total. The van der Waals surface area contributed by atoms with Crippen LogP contribution >= 0.6 is 0 Å². The van der Waals surface area contributed by atoms with Crippen LogP contribution in [0.15, 0.2) is 0 Å². The lowest BCUT2D eigenvalue weighted by Gasteiger charge is -2.56. The molecule has 3 rings (SSSR count). The summed E-state index contributed by atoms with van der Waals surface area (Å²) in [6.07, 6.45) is 6.94. The average molecular weight is 379 g/mol. The molecular weight excluding hydrogens is 340 g/mol. The van der Waals surface area contributed by atoms with Crippen molar-refractivity contribution in [2.24, 2.45) is 29.1 Å². The Morgan fingerprint density at radius 3 is 2.41 bits per heavy atom. The van der Waals surface area contributed by atoms with E-state index < -0.39 is 6.10 Å². The first kappa shape index (κ1) is 20.6. The lowest BCUT2D eigenvalue weighted by molar-refractivity contribution is -0.151. The maximum absolute atomic E-state index is 13.0. The number of aliphatic hydroxyl groups excluding tert-OH is 1. The molecule has 2 amide bonds. The number of carbonyl (C=O) groups excluding carboxylic acids is 2. The molecule has 1 aliphatic heterocycles. The van der Waals surface area contributed by atoms with E-state index in [1.54, 1.807) is 6.92 Å². The molecule has 7 unspecified atom stereocenters. The summed E-state index contributed by atoms with van der Waals surface area (Å²) in [4.78, 5) is 26.6. The zero-order valence-corrected chi connectivity index (χ0v) is 17.5. The first-order valence-electron chi connectivity index (χ1n) is 11.0. The van der Waals surface area contributed by atoms with Crippen molar-refractivity contribution in [3.05, 3.63) is 0 Å². The number of piperidine rings is 1. The molecule has 0 bridgehead atoms. The number of nitrogens with one attached hydrogen (secondary N) is 1. The van der Waals surface area contributed by atoms with Gasteiger partial charge in [-0.3, -0.25) is 9.59 Å². The van der Waals surface area contributed by atoms with Gasteiger partial charge in [0.25, 0.3) is 0 Å². The molecular formula is C22H38N2O3. The normalized spacial score (nSPS) is 40.8. The third kappa shape index (κ3) is 4.03. The largest absolute Gasteiger partial charge is 0.392 e.